The molecule has 2 aromatic rings. The second-order valence-corrected chi connectivity index (χ2v) is 10.2. The quantitative estimate of drug-likeness (QED) is 0.653. The van der Waals surface area contributed by atoms with E-state index < -0.39 is 11.6 Å². The van der Waals surface area contributed by atoms with E-state index in [2.05, 4.69) is 12.2 Å². The molecule has 8 heteroatoms. The Bertz CT molecular complexity index is 1060. The Morgan fingerprint density at radius 1 is 1.18 bits per heavy atom. The number of anilines is 1. The Hall–Kier alpha value is -3.00. The predicted molar refractivity (Wildman–Crippen MR) is 129 cm³/mol. The zero-order valence-corrected chi connectivity index (χ0v) is 20.0. The fourth-order valence-electron chi connectivity index (χ4n) is 4.21. The molecule has 2 aromatic carbocycles. The van der Waals surface area contributed by atoms with Crippen molar-refractivity contribution >= 4 is 35.3 Å². The lowest BCUT2D eigenvalue weighted by molar-refractivity contribution is -0.134. The van der Waals surface area contributed by atoms with E-state index in [-0.39, 0.29) is 18.4 Å². The number of carbonyl (C=O) groups excluding carboxylic acids is 3. The average Bonchev–Trinajstić information content (AvgIpc) is 2.93. The second-order valence-electron chi connectivity index (χ2n) is 8.73. The SMILES string of the molecule is COc1ccc(CC[C@]2(C)NC(=O)N(CC(=O)N3CC[C@@H](C)Sc4ccccc43)C2=O)cc1. The first-order chi connectivity index (χ1) is 15.8. The van der Waals surface area contributed by atoms with Gasteiger partial charge in [-0.25, -0.2) is 4.79 Å². The molecule has 1 saturated heterocycles. The van der Waals surface area contributed by atoms with Crippen LogP contribution in [0.3, 0.4) is 0 Å². The molecule has 174 valence electrons. The summed E-state index contributed by atoms with van der Waals surface area (Å²) in [5.74, 6) is 0.156. The van der Waals surface area contributed by atoms with Gasteiger partial charge in [0.1, 0.15) is 17.8 Å². The summed E-state index contributed by atoms with van der Waals surface area (Å²) >= 11 is 1.74. The number of aryl methyl sites for hydroxylation is 1. The van der Waals surface area contributed by atoms with E-state index in [4.69, 9.17) is 4.74 Å². The fourth-order valence-corrected chi connectivity index (χ4v) is 5.33. The van der Waals surface area contributed by atoms with E-state index in [1.165, 1.54) is 0 Å². The Morgan fingerprint density at radius 2 is 1.91 bits per heavy atom. The van der Waals surface area contributed by atoms with Gasteiger partial charge >= 0.3 is 6.03 Å². The summed E-state index contributed by atoms with van der Waals surface area (Å²) in [6.07, 6.45) is 1.89. The Morgan fingerprint density at radius 3 is 2.64 bits per heavy atom. The van der Waals surface area contributed by atoms with Crippen molar-refractivity contribution in [3.8, 4) is 5.75 Å². The largest absolute Gasteiger partial charge is 0.497 e. The van der Waals surface area contributed by atoms with Gasteiger partial charge < -0.3 is 15.0 Å². The topological polar surface area (TPSA) is 79.0 Å². The number of rotatable bonds is 6. The van der Waals surface area contributed by atoms with Crippen molar-refractivity contribution in [1.29, 1.82) is 0 Å². The van der Waals surface area contributed by atoms with Crippen molar-refractivity contribution in [2.45, 2.75) is 48.8 Å². The van der Waals surface area contributed by atoms with Crippen molar-refractivity contribution in [2.75, 3.05) is 25.1 Å². The lowest BCUT2D eigenvalue weighted by atomic mass is 9.93. The highest BCUT2D eigenvalue weighted by Crippen LogP contribution is 2.37. The number of para-hydroxylation sites is 1. The molecule has 1 N–H and O–H groups in total. The van der Waals surface area contributed by atoms with Gasteiger partial charge in [-0.1, -0.05) is 31.2 Å². The van der Waals surface area contributed by atoms with Gasteiger partial charge in [0.05, 0.1) is 12.8 Å². The van der Waals surface area contributed by atoms with Gasteiger partial charge in [-0.2, -0.15) is 0 Å². The number of carbonyl (C=O) groups is 3. The highest BCUT2D eigenvalue weighted by Gasteiger charge is 2.48. The third-order valence-electron chi connectivity index (χ3n) is 6.26. The van der Waals surface area contributed by atoms with Crippen LogP contribution in [0, 0.1) is 0 Å². The van der Waals surface area contributed by atoms with Gasteiger partial charge in [0, 0.05) is 16.7 Å². The predicted octanol–water partition coefficient (Wildman–Crippen LogP) is 3.86. The van der Waals surface area contributed by atoms with Crippen LogP contribution in [0.15, 0.2) is 53.4 Å². The molecular formula is C25H29N3O4S. The summed E-state index contributed by atoms with van der Waals surface area (Å²) in [7, 11) is 1.61. The summed E-state index contributed by atoms with van der Waals surface area (Å²) in [6.45, 7) is 4.15. The molecule has 0 unspecified atom stereocenters. The number of imide groups is 1. The molecule has 0 saturated carbocycles. The first-order valence-electron chi connectivity index (χ1n) is 11.1. The van der Waals surface area contributed by atoms with Crippen LogP contribution in [0.1, 0.15) is 32.3 Å². The number of benzene rings is 2. The van der Waals surface area contributed by atoms with Crippen molar-refractivity contribution in [3.05, 3.63) is 54.1 Å². The summed E-state index contributed by atoms with van der Waals surface area (Å²) in [6, 6.07) is 14.9. The fraction of sp³-hybridized carbons (Fsp3) is 0.400. The average molecular weight is 468 g/mol. The molecule has 0 radical (unpaired) electrons. The van der Waals surface area contributed by atoms with Crippen LogP contribution in [0.2, 0.25) is 0 Å². The molecule has 2 atom stereocenters. The van der Waals surface area contributed by atoms with Crippen LogP contribution < -0.4 is 15.0 Å². The van der Waals surface area contributed by atoms with Crippen LogP contribution >= 0.6 is 11.8 Å². The van der Waals surface area contributed by atoms with Crippen molar-refractivity contribution in [2.24, 2.45) is 0 Å². The number of nitrogens with one attached hydrogen (secondary N) is 1. The minimum Gasteiger partial charge on any atom is -0.497 e. The van der Waals surface area contributed by atoms with Crippen molar-refractivity contribution in [3.63, 3.8) is 0 Å². The normalized spacial score (nSPS) is 22.6. The van der Waals surface area contributed by atoms with Gasteiger partial charge in [0.2, 0.25) is 5.91 Å². The summed E-state index contributed by atoms with van der Waals surface area (Å²) < 4.78 is 5.18. The van der Waals surface area contributed by atoms with Gasteiger partial charge in [0.25, 0.3) is 5.91 Å². The summed E-state index contributed by atoms with van der Waals surface area (Å²) in [5.41, 5.74) is 0.839. The molecule has 0 bridgehead atoms. The van der Waals surface area contributed by atoms with E-state index in [0.717, 1.165) is 33.2 Å². The van der Waals surface area contributed by atoms with Gasteiger partial charge in [-0.15, -0.1) is 11.8 Å². The minimum atomic E-state index is -1.04. The van der Waals surface area contributed by atoms with E-state index in [0.29, 0.717) is 24.6 Å². The summed E-state index contributed by atoms with van der Waals surface area (Å²) in [4.78, 5) is 42.9. The van der Waals surface area contributed by atoms with E-state index in [1.54, 1.807) is 30.7 Å². The zero-order chi connectivity index (χ0) is 23.6. The maximum atomic E-state index is 13.2. The van der Waals surface area contributed by atoms with Crippen LogP contribution in [-0.4, -0.2) is 53.7 Å². The van der Waals surface area contributed by atoms with Gasteiger partial charge in [-0.3, -0.25) is 14.5 Å². The van der Waals surface area contributed by atoms with Crippen LogP contribution in [0.5, 0.6) is 5.75 Å². The highest BCUT2D eigenvalue weighted by molar-refractivity contribution is 8.00. The molecule has 2 aliphatic heterocycles. The lowest BCUT2D eigenvalue weighted by Gasteiger charge is -2.25. The Kier molecular flexibility index (Phi) is 6.65. The molecule has 4 rings (SSSR count). The first kappa shape index (κ1) is 23.2. The third kappa shape index (κ3) is 4.85. The van der Waals surface area contributed by atoms with Crippen molar-refractivity contribution < 1.29 is 19.1 Å². The van der Waals surface area contributed by atoms with Gasteiger partial charge in [0.15, 0.2) is 0 Å². The first-order valence-corrected chi connectivity index (χ1v) is 12.0. The number of thioether (sulfide) groups is 1. The molecule has 1 fully saturated rings. The maximum Gasteiger partial charge on any atom is 0.325 e. The smallest absolute Gasteiger partial charge is 0.325 e. The maximum absolute atomic E-state index is 13.2. The number of fused-ring (bicyclic) bond motifs is 1. The summed E-state index contributed by atoms with van der Waals surface area (Å²) in [5, 5.41) is 3.18. The zero-order valence-electron chi connectivity index (χ0n) is 19.2. The molecule has 2 aliphatic rings. The van der Waals surface area contributed by atoms with E-state index >= 15 is 0 Å². The van der Waals surface area contributed by atoms with Crippen LogP contribution in [0.4, 0.5) is 10.5 Å². The van der Waals surface area contributed by atoms with Crippen LogP contribution in [-0.2, 0) is 16.0 Å². The standard InChI is InChI=1S/C25H29N3O4S/c1-17-13-15-27(20-6-4-5-7-21(20)33-17)22(29)16-28-23(30)25(2,26-24(28)31)14-12-18-8-10-19(32-3)11-9-18/h4-11,17H,12-16H2,1-3H3,(H,26,31)/t17-,25+/m1/s1. The molecule has 7 nitrogen and oxygen atoms in total. The molecular weight excluding hydrogens is 438 g/mol. The monoisotopic (exact) mass is 467 g/mol. The van der Waals surface area contributed by atoms with E-state index in [9.17, 15) is 14.4 Å². The number of urea groups is 1. The van der Waals surface area contributed by atoms with E-state index in [1.807, 2.05) is 48.5 Å². The molecule has 4 amide bonds. The molecule has 2 heterocycles. The molecule has 0 aliphatic carbocycles. The number of hydrogen-bond donors (Lipinski definition) is 1. The minimum absolute atomic E-state index is 0.250. The number of amides is 4. The second kappa shape index (κ2) is 9.47. The third-order valence-corrected chi connectivity index (χ3v) is 7.49. The number of ether oxygens (including phenoxy) is 1. The lowest BCUT2D eigenvalue weighted by Crippen LogP contribution is -2.46. The Labute approximate surface area is 198 Å². The number of nitrogens with zero attached hydrogens (tertiary/aromatic N) is 2. The molecule has 0 aromatic heterocycles. The Balaban J connectivity index is 1.44. The van der Waals surface area contributed by atoms with Crippen molar-refractivity contribution in [1.82, 2.24) is 10.2 Å². The molecule has 33 heavy (non-hydrogen) atoms. The number of methoxy groups -OCH3 is 1. The van der Waals surface area contributed by atoms with Gasteiger partial charge in [-0.05, 0) is 56.0 Å². The number of hydrogen-bond acceptors (Lipinski definition) is 5. The van der Waals surface area contributed by atoms with Crippen LogP contribution in [0.25, 0.3) is 0 Å². The molecule has 0 spiro atoms. The highest BCUT2D eigenvalue weighted by atomic mass is 32.2.